The van der Waals surface area contributed by atoms with Crippen molar-refractivity contribution in [2.45, 2.75) is 32.5 Å². The number of hydrogen-bond donors (Lipinski definition) is 1. The van der Waals surface area contributed by atoms with Crippen LogP contribution in [0.1, 0.15) is 32.2 Å². The summed E-state index contributed by atoms with van der Waals surface area (Å²) in [6.45, 7) is 2.89. The molecule has 0 bridgehead atoms. The Morgan fingerprint density at radius 2 is 2.08 bits per heavy atom. The molecule has 0 aliphatic rings. The van der Waals surface area contributed by atoms with E-state index in [0.717, 1.165) is 10.3 Å². The second-order valence-corrected chi connectivity index (χ2v) is 6.08. The predicted molar refractivity (Wildman–Crippen MR) is 90.5 cm³/mol. The lowest BCUT2D eigenvalue weighted by Gasteiger charge is -2.26. The van der Waals surface area contributed by atoms with Gasteiger partial charge in [-0.15, -0.1) is 0 Å². The molecule has 0 atom stereocenters. The molecule has 0 saturated heterocycles. The third-order valence-corrected chi connectivity index (χ3v) is 3.92. The maximum atomic E-state index is 12.6. The van der Waals surface area contributed by atoms with Gasteiger partial charge in [-0.25, -0.2) is 9.97 Å². The van der Waals surface area contributed by atoms with Gasteiger partial charge in [-0.3, -0.25) is 4.79 Å². The SMILES string of the molecule is CC(C)N(CCC(F)(F)F)C(=O)c1ccc(-c2ncnc3[nH]ccc23)o1.[HH]. The third-order valence-electron chi connectivity index (χ3n) is 3.92. The fourth-order valence-corrected chi connectivity index (χ4v) is 2.63. The lowest BCUT2D eigenvalue weighted by atomic mass is 10.2. The molecule has 3 rings (SSSR count). The molecule has 0 aromatic carbocycles. The van der Waals surface area contributed by atoms with Crippen molar-refractivity contribution in [3.63, 3.8) is 0 Å². The van der Waals surface area contributed by atoms with Crippen LogP contribution in [-0.2, 0) is 0 Å². The summed E-state index contributed by atoms with van der Waals surface area (Å²) in [4.78, 5) is 24.9. The summed E-state index contributed by atoms with van der Waals surface area (Å²) in [7, 11) is 0. The van der Waals surface area contributed by atoms with Crippen molar-refractivity contribution in [2.75, 3.05) is 6.54 Å². The molecule has 0 aliphatic heterocycles. The minimum atomic E-state index is -4.33. The highest BCUT2D eigenvalue weighted by atomic mass is 19.4. The van der Waals surface area contributed by atoms with Gasteiger partial charge in [0.2, 0.25) is 0 Å². The average molecular weight is 368 g/mol. The monoisotopic (exact) mass is 368 g/mol. The first-order valence-electron chi connectivity index (χ1n) is 8.02. The Balaban J connectivity index is 0.00000261. The first kappa shape index (κ1) is 18.0. The molecule has 1 amide bonds. The molecular formula is C17H19F3N4O2. The van der Waals surface area contributed by atoms with E-state index in [-0.39, 0.29) is 7.19 Å². The number of furan rings is 1. The van der Waals surface area contributed by atoms with Crippen LogP contribution in [0, 0.1) is 0 Å². The van der Waals surface area contributed by atoms with Gasteiger partial charge in [0.1, 0.15) is 17.7 Å². The number of carbonyl (C=O) groups excluding carboxylic acids is 1. The summed E-state index contributed by atoms with van der Waals surface area (Å²) in [5.74, 6) is -0.270. The molecule has 3 aromatic rings. The van der Waals surface area contributed by atoms with E-state index in [4.69, 9.17) is 4.42 Å². The first-order chi connectivity index (χ1) is 12.3. The summed E-state index contributed by atoms with van der Waals surface area (Å²) < 4.78 is 43.1. The van der Waals surface area contributed by atoms with Crippen LogP contribution < -0.4 is 0 Å². The Bertz CT molecular complexity index is 920. The van der Waals surface area contributed by atoms with Crippen LogP contribution in [0.3, 0.4) is 0 Å². The van der Waals surface area contributed by atoms with Crippen molar-refractivity contribution in [3.8, 4) is 11.5 Å². The van der Waals surface area contributed by atoms with Crippen LogP contribution in [0.4, 0.5) is 13.2 Å². The number of carbonyl (C=O) groups is 1. The van der Waals surface area contributed by atoms with E-state index in [1.165, 1.54) is 12.4 Å². The topological polar surface area (TPSA) is 75.0 Å². The number of nitrogens with one attached hydrogen (secondary N) is 1. The van der Waals surface area contributed by atoms with Crippen molar-refractivity contribution < 1.29 is 23.8 Å². The van der Waals surface area contributed by atoms with Crippen LogP contribution in [0.25, 0.3) is 22.5 Å². The number of amides is 1. The van der Waals surface area contributed by atoms with Crippen LogP contribution in [0.5, 0.6) is 0 Å². The maximum Gasteiger partial charge on any atom is 0.390 e. The number of nitrogens with zero attached hydrogens (tertiary/aromatic N) is 3. The van der Waals surface area contributed by atoms with E-state index in [0.29, 0.717) is 17.1 Å². The lowest BCUT2D eigenvalue weighted by molar-refractivity contribution is -0.137. The molecule has 1 N–H and O–H groups in total. The molecule has 6 nitrogen and oxygen atoms in total. The molecule has 0 spiro atoms. The Morgan fingerprint density at radius 3 is 2.77 bits per heavy atom. The van der Waals surface area contributed by atoms with Crippen LogP contribution >= 0.6 is 0 Å². The Hall–Kier alpha value is -2.84. The zero-order valence-corrected chi connectivity index (χ0v) is 14.2. The predicted octanol–water partition coefficient (Wildman–Crippen LogP) is 4.27. The Kier molecular flexibility index (Phi) is 4.71. The number of hydrogen-bond acceptors (Lipinski definition) is 4. The number of H-pyrrole nitrogens is 1. The second-order valence-electron chi connectivity index (χ2n) is 6.08. The molecule has 0 unspecified atom stereocenters. The summed E-state index contributed by atoms with van der Waals surface area (Å²) in [5, 5.41) is 0.721. The Morgan fingerprint density at radius 1 is 1.31 bits per heavy atom. The highest BCUT2D eigenvalue weighted by molar-refractivity contribution is 5.94. The van der Waals surface area contributed by atoms with Gasteiger partial charge in [-0.05, 0) is 32.0 Å². The fraction of sp³-hybridized carbons (Fsp3) is 0.353. The molecule has 140 valence electrons. The minimum absolute atomic E-state index is 0. The number of rotatable bonds is 5. The lowest BCUT2D eigenvalue weighted by Crippen LogP contribution is -2.39. The standard InChI is InChI=1S/C17H17F3N4O2.H2/c1-10(2)24(8-6-17(18,19)20)16(25)13-4-3-12(26-13)14-11-5-7-21-15(11)23-9-22-14;/h3-5,7,9-10H,6,8H2,1-2H3,(H,21,22,23);1H. The summed E-state index contributed by atoms with van der Waals surface area (Å²) >= 11 is 0. The second kappa shape index (κ2) is 6.81. The van der Waals surface area contributed by atoms with Gasteiger partial charge in [-0.1, -0.05) is 0 Å². The molecule has 9 heteroatoms. The number of aromatic amines is 1. The summed E-state index contributed by atoms with van der Waals surface area (Å²) in [5.41, 5.74) is 1.12. The normalized spacial score (nSPS) is 12.1. The quantitative estimate of drug-likeness (QED) is 0.730. The largest absolute Gasteiger partial charge is 0.449 e. The molecule has 0 saturated carbocycles. The van der Waals surface area contributed by atoms with Crippen molar-refractivity contribution in [3.05, 3.63) is 36.5 Å². The molecule has 0 radical (unpaired) electrons. The van der Waals surface area contributed by atoms with E-state index in [9.17, 15) is 18.0 Å². The van der Waals surface area contributed by atoms with Gasteiger partial charge in [-0.2, -0.15) is 13.2 Å². The van der Waals surface area contributed by atoms with Crippen molar-refractivity contribution >= 4 is 16.9 Å². The van der Waals surface area contributed by atoms with E-state index >= 15 is 0 Å². The highest BCUT2D eigenvalue weighted by Gasteiger charge is 2.31. The zero-order valence-electron chi connectivity index (χ0n) is 14.2. The van der Waals surface area contributed by atoms with E-state index in [1.807, 2.05) is 0 Å². The molecule has 3 heterocycles. The van der Waals surface area contributed by atoms with Crippen LogP contribution in [0.15, 0.2) is 35.1 Å². The van der Waals surface area contributed by atoms with Crippen molar-refractivity contribution in [2.24, 2.45) is 0 Å². The molecule has 0 fully saturated rings. The molecule has 26 heavy (non-hydrogen) atoms. The molecule has 0 aliphatic carbocycles. The molecule has 3 aromatic heterocycles. The van der Waals surface area contributed by atoms with E-state index in [1.54, 1.807) is 32.2 Å². The van der Waals surface area contributed by atoms with Gasteiger partial charge < -0.3 is 14.3 Å². The number of aromatic nitrogens is 3. The maximum absolute atomic E-state index is 12.6. The van der Waals surface area contributed by atoms with E-state index < -0.39 is 31.1 Å². The zero-order chi connectivity index (χ0) is 18.9. The summed E-state index contributed by atoms with van der Waals surface area (Å²) in [6, 6.07) is 4.40. The number of alkyl halides is 3. The summed E-state index contributed by atoms with van der Waals surface area (Å²) in [6.07, 6.45) is -2.33. The number of halogens is 3. The molecular weight excluding hydrogens is 349 g/mol. The van der Waals surface area contributed by atoms with Crippen molar-refractivity contribution in [1.82, 2.24) is 19.9 Å². The average Bonchev–Trinajstić information content (AvgIpc) is 3.22. The van der Waals surface area contributed by atoms with Gasteiger partial charge in [0, 0.05) is 25.6 Å². The van der Waals surface area contributed by atoms with Crippen molar-refractivity contribution in [1.29, 1.82) is 0 Å². The van der Waals surface area contributed by atoms with Crippen LogP contribution in [0.2, 0.25) is 0 Å². The van der Waals surface area contributed by atoms with Gasteiger partial charge in [0.15, 0.2) is 11.5 Å². The van der Waals surface area contributed by atoms with Crippen LogP contribution in [-0.4, -0.2) is 44.5 Å². The minimum Gasteiger partial charge on any atom is -0.449 e. The van der Waals surface area contributed by atoms with E-state index in [2.05, 4.69) is 15.0 Å². The number of fused-ring (bicyclic) bond motifs is 1. The fourth-order valence-electron chi connectivity index (χ4n) is 2.63. The Labute approximate surface area is 148 Å². The van der Waals surface area contributed by atoms with Gasteiger partial charge in [0.05, 0.1) is 6.42 Å². The van der Waals surface area contributed by atoms with Gasteiger partial charge >= 0.3 is 6.18 Å². The highest BCUT2D eigenvalue weighted by Crippen LogP contribution is 2.27. The first-order valence-corrected chi connectivity index (χ1v) is 8.02. The third kappa shape index (κ3) is 3.71. The van der Waals surface area contributed by atoms with Gasteiger partial charge in [0.25, 0.3) is 5.91 Å². The smallest absolute Gasteiger partial charge is 0.390 e.